The number of nitrogens with zero attached hydrogens (tertiary/aromatic N) is 4. The van der Waals surface area contributed by atoms with Gasteiger partial charge in [0.2, 0.25) is 0 Å². The second-order valence-electron chi connectivity index (χ2n) is 4.20. The first-order valence-corrected chi connectivity index (χ1v) is 5.58. The summed E-state index contributed by atoms with van der Waals surface area (Å²) >= 11 is 0. The van der Waals surface area contributed by atoms with E-state index in [9.17, 15) is 5.11 Å². The van der Waals surface area contributed by atoms with Crippen molar-refractivity contribution in [3.63, 3.8) is 0 Å². The molecule has 1 aliphatic heterocycles. The van der Waals surface area contributed by atoms with Crippen LogP contribution >= 0.6 is 0 Å². The van der Waals surface area contributed by atoms with Gasteiger partial charge in [-0.1, -0.05) is 0 Å². The van der Waals surface area contributed by atoms with Crippen LogP contribution in [0.4, 0.5) is 5.82 Å². The summed E-state index contributed by atoms with van der Waals surface area (Å²) in [6, 6.07) is 0. The molecular formula is C10H13N5O3. The predicted molar refractivity (Wildman–Crippen MR) is 61.4 cm³/mol. The number of ether oxygens (including phenoxy) is 1. The highest BCUT2D eigenvalue weighted by molar-refractivity contribution is 5.84. The number of aliphatic hydroxyl groups is 2. The summed E-state index contributed by atoms with van der Waals surface area (Å²) in [7, 11) is 0. The van der Waals surface area contributed by atoms with Gasteiger partial charge in [-0.15, -0.1) is 0 Å². The van der Waals surface area contributed by atoms with Crippen molar-refractivity contribution in [2.24, 2.45) is 0 Å². The largest absolute Gasteiger partial charge is 0.394 e. The normalized spacial score (nSPS) is 28.0. The lowest BCUT2D eigenvalue weighted by Crippen LogP contribution is -2.24. The van der Waals surface area contributed by atoms with E-state index in [1.54, 1.807) is 10.9 Å². The molecule has 3 heterocycles. The van der Waals surface area contributed by atoms with Gasteiger partial charge in [-0.25, -0.2) is 14.6 Å². The van der Waals surface area contributed by atoms with Crippen LogP contribution in [0.2, 0.25) is 0 Å². The van der Waals surface area contributed by atoms with E-state index in [2.05, 4.69) is 15.1 Å². The number of aliphatic hydroxyl groups excluding tert-OH is 2. The minimum atomic E-state index is -0.710. The van der Waals surface area contributed by atoms with Crippen LogP contribution in [0.5, 0.6) is 0 Å². The number of nitrogen functional groups attached to an aromatic ring is 1. The molecule has 8 nitrogen and oxygen atoms in total. The van der Waals surface area contributed by atoms with Crippen LogP contribution in [0.25, 0.3) is 11.0 Å². The summed E-state index contributed by atoms with van der Waals surface area (Å²) in [6.07, 6.45) is 1.51. The molecule has 0 aromatic carbocycles. The van der Waals surface area contributed by atoms with E-state index in [-0.39, 0.29) is 6.61 Å². The van der Waals surface area contributed by atoms with E-state index >= 15 is 0 Å². The monoisotopic (exact) mass is 251 g/mol. The fourth-order valence-electron chi connectivity index (χ4n) is 2.12. The molecule has 0 bridgehead atoms. The third kappa shape index (κ3) is 1.62. The second kappa shape index (κ2) is 4.16. The third-order valence-corrected chi connectivity index (χ3v) is 3.08. The number of hydrogen-bond donors (Lipinski definition) is 3. The fraction of sp³-hybridized carbons (Fsp3) is 0.500. The van der Waals surface area contributed by atoms with Crippen molar-refractivity contribution in [3.8, 4) is 0 Å². The second-order valence-corrected chi connectivity index (χ2v) is 4.20. The number of fused-ring (bicyclic) bond motifs is 1. The Labute approximate surface area is 102 Å². The molecule has 18 heavy (non-hydrogen) atoms. The topological polar surface area (TPSA) is 119 Å². The number of nitrogens with two attached hydrogens (primary N) is 1. The molecule has 1 saturated heterocycles. The molecule has 0 spiro atoms. The molecule has 2 aromatic heterocycles. The molecule has 0 radical (unpaired) electrons. The third-order valence-electron chi connectivity index (χ3n) is 3.08. The highest BCUT2D eigenvalue weighted by Gasteiger charge is 2.35. The van der Waals surface area contributed by atoms with Crippen molar-refractivity contribution < 1.29 is 14.9 Å². The first kappa shape index (κ1) is 11.3. The summed E-state index contributed by atoms with van der Waals surface area (Å²) in [5.41, 5.74) is 6.27. The summed E-state index contributed by atoms with van der Waals surface area (Å²) in [5, 5.41) is 23.5. The van der Waals surface area contributed by atoms with Gasteiger partial charge < -0.3 is 20.7 Å². The fourth-order valence-corrected chi connectivity index (χ4v) is 2.12. The summed E-state index contributed by atoms with van der Waals surface area (Å²) in [4.78, 5) is 7.98. The Morgan fingerprint density at radius 1 is 1.50 bits per heavy atom. The van der Waals surface area contributed by atoms with E-state index in [0.717, 1.165) is 0 Å². The smallest absolute Gasteiger partial charge is 0.165 e. The van der Waals surface area contributed by atoms with Gasteiger partial charge in [-0.2, -0.15) is 5.10 Å². The molecule has 0 saturated carbocycles. The van der Waals surface area contributed by atoms with Crippen LogP contribution in [0, 0.1) is 0 Å². The van der Waals surface area contributed by atoms with E-state index in [0.29, 0.717) is 23.3 Å². The van der Waals surface area contributed by atoms with Crippen molar-refractivity contribution in [1.29, 1.82) is 0 Å². The number of anilines is 1. The van der Waals surface area contributed by atoms with Gasteiger partial charge in [0.05, 0.1) is 24.3 Å². The maximum atomic E-state index is 9.70. The molecule has 0 amide bonds. The molecule has 8 heteroatoms. The molecule has 3 rings (SSSR count). The van der Waals surface area contributed by atoms with Crippen molar-refractivity contribution in [2.75, 3.05) is 12.3 Å². The van der Waals surface area contributed by atoms with Crippen LogP contribution in [-0.4, -0.2) is 48.8 Å². The number of hydrogen-bond acceptors (Lipinski definition) is 7. The molecule has 0 aliphatic carbocycles. The van der Waals surface area contributed by atoms with Crippen LogP contribution < -0.4 is 5.73 Å². The molecule has 4 N–H and O–H groups in total. The van der Waals surface area contributed by atoms with Gasteiger partial charge in [-0.05, 0) is 0 Å². The van der Waals surface area contributed by atoms with Crippen LogP contribution in [-0.2, 0) is 4.74 Å². The van der Waals surface area contributed by atoms with Gasteiger partial charge in [0, 0.05) is 6.42 Å². The Morgan fingerprint density at radius 2 is 2.33 bits per heavy atom. The van der Waals surface area contributed by atoms with E-state index in [1.807, 2.05) is 0 Å². The van der Waals surface area contributed by atoms with Crippen LogP contribution in [0.15, 0.2) is 12.5 Å². The minimum Gasteiger partial charge on any atom is -0.394 e. The Bertz CT molecular complexity index is 572. The Hall–Kier alpha value is -1.77. The molecule has 1 aliphatic rings. The van der Waals surface area contributed by atoms with Crippen molar-refractivity contribution in [1.82, 2.24) is 19.7 Å². The summed E-state index contributed by atoms with van der Waals surface area (Å²) in [5.74, 6) is 0.350. The SMILES string of the molecule is Nc1ncnc2c1cnn2[C@H]1C[C@@H](O)[C@@H](CO)O1. The zero-order valence-electron chi connectivity index (χ0n) is 9.47. The van der Waals surface area contributed by atoms with Gasteiger partial charge in [0.15, 0.2) is 11.9 Å². The number of aromatic nitrogens is 4. The highest BCUT2D eigenvalue weighted by Crippen LogP contribution is 2.30. The lowest BCUT2D eigenvalue weighted by atomic mass is 10.2. The van der Waals surface area contributed by atoms with Gasteiger partial charge in [0.25, 0.3) is 0 Å². The zero-order chi connectivity index (χ0) is 12.7. The molecule has 0 unspecified atom stereocenters. The lowest BCUT2D eigenvalue weighted by Gasteiger charge is -2.12. The highest BCUT2D eigenvalue weighted by atomic mass is 16.5. The number of rotatable bonds is 2. The average molecular weight is 251 g/mol. The first-order chi connectivity index (χ1) is 8.70. The standard InChI is InChI=1S/C10H13N5O3/c11-9-5-2-14-15(10(5)13-4-12-9)8-1-6(17)7(3-16)18-8/h2,4,6-8,16-17H,1,3H2,(H2,11,12,13)/t6-,7-,8-/m1/s1. The molecule has 3 atom stereocenters. The summed E-state index contributed by atoms with van der Waals surface area (Å²) in [6.45, 7) is -0.228. The maximum Gasteiger partial charge on any atom is 0.165 e. The van der Waals surface area contributed by atoms with E-state index in [1.165, 1.54) is 6.33 Å². The molecule has 1 fully saturated rings. The van der Waals surface area contributed by atoms with Gasteiger partial charge in [-0.3, -0.25) is 0 Å². The van der Waals surface area contributed by atoms with Crippen LogP contribution in [0.3, 0.4) is 0 Å². The van der Waals surface area contributed by atoms with E-state index < -0.39 is 18.4 Å². The lowest BCUT2D eigenvalue weighted by molar-refractivity contribution is -0.0470. The predicted octanol–water partition coefficient (Wildman–Crippen LogP) is -0.951. The Morgan fingerprint density at radius 3 is 3.06 bits per heavy atom. The van der Waals surface area contributed by atoms with Crippen molar-refractivity contribution >= 4 is 16.9 Å². The average Bonchev–Trinajstić information content (AvgIpc) is 2.93. The summed E-state index contributed by atoms with van der Waals surface area (Å²) < 4.78 is 7.06. The molecular weight excluding hydrogens is 238 g/mol. The van der Waals surface area contributed by atoms with Gasteiger partial charge in [0.1, 0.15) is 18.2 Å². The Kier molecular flexibility index (Phi) is 2.62. The minimum absolute atomic E-state index is 0.228. The molecule has 96 valence electrons. The Balaban J connectivity index is 1.99. The van der Waals surface area contributed by atoms with Gasteiger partial charge >= 0.3 is 0 Å². The zero-order valence-corrected chi connectivity index (χ0v) is 9.47. The van der Waals surface area contributed by atoms with Crippen molar-refractivity contribution in [2.45, 2.75) is 24.9 Å². The maximum absolute atomic E-state index is 9.70. The molecule has 2 aromatic rings. The van der Waals surface area contributed by atoms with Crippen molar-refractivity contribution in [3.05, 3.63) is 12.5 Å². The van der Waals surface area contributed by atoms with E-state index in [4.69, 9.17) is 15.6 Å². The van der Waals surface area contributed by atoms with Crippen LogP contribution in [0.1, 0.15) is 12.6 Å². The first-order valence-electron chi connectivity index (χ1n) is 5.58. The quantitative estimate of drug-likeness (QED) is 0.629.